The van der Waals surface area contributed by atoms with E-state index < -0.39 is 5.54 Å². The van der Waals surface area contributed by atoms with Crippen LogP contribution in [0.4, 0.5) is 0 Å². The van der Waals surface area contributed by atoms with Crippen LogP contribution in [0.2, 0.25) is 0 Å². The number of nitrogens with one attached hydrogen (secondary N) is 2. The molecule has 0 aliphatic heterocycles. The first-order valence-electron chi connectivity index (χ1n) is 4.78. The maximum atomic E-state index is 11.5. The Hall–Kier alpha value is -0.610. The third-order valence-corrected chi connectivity index (χ3v) is 1.85. The van der Waals surface area contributed by atoms with Crippen molar-refractivity contribution in [2.24, 2.45) is 5.73 Å². The molecule has 0 aromatic carbocycles. The molecular weight excluding hydrogens is 166 g/mol. The largest absolute Gasteiger partial charge is 0.354 e. The summed E-state index contributed by atoms with van der Waals surface area (Å²) in [5.41, 5.74) is 4.83. The van der Waals surface area contributed by atoms with Gasteiger partial charge in [0.25, 0.3) is 0 Å². The number of hydrogen-bond acceptors (Lipinski definition) is 3. The minimum Gasteiger partial charge on any atom is -0.354 e. The Kier molecular flexibility index (Phi) is 5.66. The minimum absolute atomic E-state index is 0.0304. The van der Waals surface area contributed by atoms with Crippen molar-refractivity contribution in [2.75, 3.05) is 19.6 Å². The van der Waals surface area contributed by atoms with Gasteiger partial charge in [-0.3, -0.25) is 4.79 Å². The van der Waals surface area contributed by atoms with Gasteiger partial charge in [-0.25, -0.2) is 0 Å². The lowest BCUT2D eigenvalue weighted by Gasteiger charge is -2.24. The van der Waals surface area contributed by atoms with Crippen LogP contribution in [-0.4, -0.2) is 31.1 Å². The summed E-state index contributed by atoms with van der Waals surface area (Å²) >= 11 is 0. The second kappa shape index (κ2) is 5.94. The standard InChI is InChI=1S/C9H21N3O/c1-4-12-9(2,3)8(13)11-7-5-6-10/h12H,4-7,10H2,1-3H3,(H,11,13). The summed E-state index contributed by atoms with van der Waals surface area (Å²) in [7, 11) is 0. The van der Waals surface area contributed by atoms with Crippen molar-refractivity contribution < 1.29 is 4.79 Å². The van der Waals surface area contributed by atoms with E-state index in [-0.39, 0.29) is 5.91 Å². The average Bonchev–Trinajstić information content (AvgIpc) is 2.04. The van der Waals surface area contributed by atoms with Crippen molar-refractivity contribution in [2.45, 2.75) is 32.7 Å². The summed E-state index contributed by atoms with van der Waals surface area (Å²) in [4.78, 5) is 11.5. The van der Waals surface area contributed by atoms with Gasteiger partial charge < -0.3 is 16.4 Å². The fourth-order valence-electron chi connectivity index (χ4n) is 1.05. The van der Waals surface area contributed by atoms with E-state index in [9.17, 15) is 4.79 Å². The normalized spacial score (nSPS) is 11.4. The molecule has 0 fully saturated rings. The molecule has 0 unspecified atom stereocenters. The molecule has 0 saturated heterocycles. The summed E-state index contributed by atoms with van der Waals surface area (Å²) in [6.45, 7) is 7.78. The molecule has 0 heterocycles. The van der Waals surface area contributed by atoms with E-state index in [0.717, 1.165) is 13.0 Å². The fourth-order valence-corrected chi connectivity index (χ4v) is 1.05. The molecule has 78 valence electrons. The van der Waals surface area contributed by atoms with Crippen molar-refractivity contribution in [1.82, 2.24) is 10.6 Å². The number of hydrogen-bond donors (Lipinski definition) is 3. The number of nitrogens with two attached hydrogens (primary N) is 1. The minimum atomic E-state index is -0.483. The summed E-state index contributed by atoms with van der Waals surface area (Å²) in [6.07, 6.45) is 0.827. The van der Waals surface area contributed by atoms with Gasteiger partial charge in [-0.05, 0) is 33.4 Å². The summed E-state index contributed by atoms with van der Waals surface area (Å²) in [5, 5.41) is 5.93. The van der Waals surface area contributed by atoms with Gasteiger partial charge in [0.2, 0.25) is 5.91 Å². The molecule has 0 aromatic rings. The highest BCUT2D eigenvalue weighted by Gasteiger charge is 2.25. The van der Waals surface area contributed by atoms with Crippen LogP contribution < -0.4 is 16.4 Å². The van der Waals surface area contributed by atoms with E-state index in [0.29, 0.717) is 13.1 Å². The first-order chi connectivity index (χ1) is 6.04. The molecule has 4 heteroatoms. The highest BCUT2D eigenvalue weighted by molar-refractivity contribution is 5.85. The maximum Gasteiger partial charge on any atom is 0.239 e. The Morgan fingerprint density at radius 2 is 2.08 bits per heavy atom. The van der Waals surface area contributed by atoms with Crippen LogP contribution in [0.15, 0.2) is 0 Å². The maximum absolute atomic E-state index is 11.5. The summed E-state index contributed by atoms with van der Waals surface area (Å²) in [6, 6.07) is 0. The van der Waals surface area contributed by atoms with Crippen LogP contribution in [0.1, 0.15) is 27.2 Å². The SMILES string of the molecule is CCNC(C)(C)C(=O)NCCCN. The van der Waals surface area contributed by atoms with E-state index in [1.165, 1.54) is 0 Å². The molecule has 0 aliphatic rings. The second-order valence-electron chi connectivity index (χ2n) is 3.55. The molecule has 0 rings (SSSR count). The number of amides is 1. The summed E-state index contributed by atoms with van der Waals surface area (Å²) < 4.78 is 0. The van der Waals surface area contributed by atoms with Crippen LogP contribution in [-0.2, 0) is 4.79 Å². The zero-order valence-corrected chi connectivity index (χ0v) is 8.81. The van der Waals surface area contributed by atoms with Crippen LogP contribution >= 0.6 is 0 Å². The molecule has 0 saturated carbocycles. The third kappa shape index (κ3) is 4.85. The number of carbonyl (C=O) groups excluding carboxylic acids is 1. The van der Waals surface area contributed by atoms with Gasteiger partial charge in [-0.15, -0.1) is 0 Å². The average molecular weight is 187 g/mol. The predicted octanol–water partition coefficient (Wildman–Crippen LogP) is -0.160. The Balaban J connectivity index is 3.80. The van der Waals surface area contributed by atoms with Gasteiger partial charge in [0, 0.05) is 6.54 Å². The van der Waals surface area contributed by atoms with Gasteiger partial charge in [0.15, 0.2) is 0 Å². The van der Waals surface area contributed by atoms with E-state index in [1.54, 1.807) is 0 Å². The molecule has 0 radical (unpaired) electrons. The second-order valence-corrected chi connectivity index (χ2v) is 3.55. The first-order valence-corrected chi connectivity index (χ1v) is 4.78. The van der Waals surface area contributed by atoms with E-state index in [2.05, 4.69) is 10.6 Å². The predicted molar refractivity (Wildman–Crippen MR) is 54.4 cm³/mol. The molecule has 0 bridgehead atoms. The molecule has 1 amide bonds. The zero-order chi connectivity index (χ0) is 10.3. The molecule has 0 spiro atoms. The molecule has 4 nitrogen and oxygen atoms in total. The van der Waals surface area contributed by atoms with Crippen LogP contribution in [0, 0.1) is 0 Å². The van der Waals surface area contributed by atoms with Gasteiger partial charge in [0.1, 0.15) is 0 Å². The molecular formula is C9H21N3O. The fraction of sp³-hybridized carbons (Fsp3) is 0.889. The number of rotatable bonds is 6. The smallest absolute Gasteiger partial charge is 0.239 e. The van der Waals surface area contributed by atoms with Crippen molar-refractivity contribution in [3.63, 3.8) is 0 Å². The van der Waals surface area contributed by atoms with Gasteiger partial charge >= 0.3 is 0 Å². The Labute approximate surface area is 80.3 Å². The lowest BCUT2D eigenvalue weighted by molar-refractivity contribution is -0.126. The van der Waals surface area contributed by atoms with E-state index in [4.69, 9.17) is 5.73 Å². The van der Waals surface area contributed by atoms with Crippen molar-refractivity contribution in [1.29, 1.82) is 0 Å². The quantitative estimate of drug-likeness (QED) is 0.506. The lowest BCUT2D eigenvalue weighted by atomic mass is 10.0. The summed E-state index contributed by atoms with van der Waals surface area (Å²) in [5.74, 6) is 0.0304. The van der Waals surface area contributed by atoms with Crippen LogP contribution in [0.5, 0.6) is 0 Å². The van der Waals surface area contributed by atoms with E-state index >= 15 is 0 Å². The number of likely N-dealkylation sites (N-methyl/N-ethyl adjacent to an activating group) is 1. The zero-order valence-electron chi connectivity index (χ0n) is 8.81. The van der Waals surface area contributed by atoms with Crippen molar-refractivity contribution >= 4 is 5.91 Å². The molecule has 0 aromatic heterocycles. The van der Waals surface area contributed by atoms with Gasteiger partial charge in [0.05, 0.1) is 5.54 Å². The number of carbonyl (C=O) groups is 1. The van der Waals surface area contributed by atoms with Crippen molar-refractivity contribution in [3.05, 3.63) is 0 Å². The highest BCUT2D eigenvalue weighted by Crippen LogP contribution is 2.00. The van der Waals surface area contributed by atoms with Gasteiger partial charge in [-0.2, -0.15) is 0 Å². The third-order valence-electron chi connectivity index (χ3n) is 1.85. The molecule has 4 N–H and O–H groups in total. The molecule has 13 heavy (non-hydrogen) atoms. The van der Waals surface area contributed by atoms with Crippen LogP contribution in [0.25, 0.3) is 0 Å². The Bertz CT molecular complexity index is 157. The monoisotopic (exact) mass is 187 g/mol. The lowest BCUT2D eigenvalue weighted by Crippen LogP contribution is -2.52. The Morgan fingerprint density at radius 3 is 2.54 bits per heavy atom. The van der Waals surface area contributed by atoms with Gasteiger partial charge in [-0.1, -0.05) is 6.92 Å². The Morgan fingerprint density at radius 1 is 1.46 bits per heavy atom. The highest BCUT2D eigenvalue weighted by atomic mass is 16.2. The van der Waals surface area contributed by atoms with Crippen molar-refractivity contribution in [3.8, 4) is 0 Å². The topological polar surface area (TPSA) is 67.2 Å². The first kappa shape index (κ1) is 12.4. The molecule has 0 aliphatic carbocycles. The molecule has 0 atom stereocenters. The van der Waals surface area contributed by atoms with E-state index in [1.807, 2.05) is 20.8 Å². The van der Waals surface area contributed by atoms with Crippen LogP contribution in [0.3, 0.4) is 0 Å².